The summed E-state index contributed by atoms with van der Waals surface area (Å²) in [5.41, 5.74) is 1.61. The van der Waals surface area contributed by atoms with E-state index >= 15 is 0 Å². The Morgan fingerprint density at radius 2 is 1.89 bits per heavy atom. The molecule has 0 unspecified atom stereocenters. The van der Waals surface area contributed by atoms with Crippen LogP contribution >= 0.6 is 11.6 Å². The van der Waals surface area contributed by atoms with Crippen molar-refractivity contribution in [2.24, 2.45) is 0 Å². The fourth-order valence-electron chi connectivity index (χ4n) is 1.33. The maximum atomic E-state index is 12.0. The van der Waals surface area contributed by atoms with Gasteiger partial charge in [0.15, 0.2) is 0 Å². The maximum absolute atomic E-state index is 12.0. The van der Waals surface area contributed by atoms with E-state index < -0.39 is 10.0 Å². The van der Waals surface area contributed by atoms with E-state index in [1.54, 1.807) is 13.8 Å². The van der Waals surface area contributed by atoms with Crippen LogP contribution in [0.1, 0.15) is 11.4 Å². The molecule has 2 aromatic heterocycles. The summed E-state index contributed by atoms with van der Waals surface area (Å²) in [5, 5.41) is 6.58. The monoisotopic (exact) mass is 287 g/mol. The Morgan fingerprint density at radius 3 is 2.39 bits per heavy atom. The lowest BCUT2D eigenvalue weighted by Crippen LogP contribution is -2.14. The first kappa shape index (κ1) is 12.8. The van der Waals surface area contributed by atoms with E-state index in [0.29, 0.717) is 17.1 Å². The summed E-state index contributed by atoms with van der Waals surface area (Å²) in [6.45, 7) is 3.41. The fraction of sp³-hybridized carbons (Fsp3) is 0.222. The van der Waals surface area contributed by atoms with Gasteiger partial charge in [0.25, 0.3) is 10.0 Å². The van der Waals surface area contributed by atoms with Crippen LogP contribution in [0.5, 0.6) is 0 Å². The van der Waals surface area contributed by atoms with E-state index in [1.807, 2.05) is 0 Å². The average Bonchev–Trinajstić information content (AvgIpc) is 2.61. The summed E-state index contributed by atoms with van der Waals surface area (Å²) < 4.78 is 26.5. The van der Waals surface area contributed by atoms with Gasteiger partial charge in [0.2, 0.25) is 5.28 Å². The molecule has 2 N–H and O–H groups in total. The Bertz CT molecular complexity index is 645. The number of halogens is 1. The zero-order valence-corrected chi connectivity index (χ0v) is 11.2. The van der Waals surface area contributed by atoms with Crippen molar-refractivity contribution in [3.8, 4) is 0 Å². The van der Waals surface area contributed by atoms with Crippen LogP contribution in [0.3, 0.4) is 0 Å². The Labute approximate surface area is 109 Å². The highest BCUT2D eigenvalue weighted by Gasteiger charge is 2.18. The highest BCUT2D eigenvalue weighted by molar-refractivity contribution is 7.92. The molecule has 0 aliphatic rings. The SMILES string of the molecule is Cc1n[nH]c(C)c1NS(=O)(=O)c1cnc(Cl)nc1. The Morgan fingerprint density at radius 1 is 1.28 bits per heavy atom. The van der Waals surface area contributed by atoms with Crippen molar-refractivity contribution in [3.05, 3.63) is 29.1 Å². The van der Waals surface area contributed by atoms with E-state index in [2.05, 4.69) is 24.9 Å². The molecular weight excluding hydrogens is 278 g/mol. The van der Waals surface area contributed by atoms with E-state index in [0.717, 1.165) is 12.4 Å². The number of aryl methyl sites for hydroxylation is 2. The number of hydrogen-bond donors (Lipinski definition) is 2. The van der Waals surface area contributed by atoms with Crippen LogP contribution in [-0.4, -0.2) is 28.6 Å². The van der Waals surface area contributed by atoms with E-state index in [1.165, 1.54) is 0 Å². The molecule has 18 heavy (non-hydrogen) atoms. The van der Waals surface area contributed by atoms with Crippen LogP contribution < -0.4 is 4.72 Å². The molecule has 96 valence electrons. The van der Waals surface area contributed by atoms with Crippen LogP contribution in [-0.2, 0) is 10.0 Å². The Balaban J connectivity index is 2.36. The molecule has 2 rings (SSSR count). The van der Waals surface area contributed by atoms with Gasteiger partial charge in [-0.3, -0.25) is 9.82 Å². The summed E-state index contributed by atoms with van der Waals surface area (Å²) in [6.07, 6.45) is 2.28. The molecule has 7 nitrogen and oxygen atoms in total. The van der Waals surface area contributed by atoms with Crippen molar-refractivity contribution < 1.29 is 8.42 Å². The van der Waals surface area contributed by atoms with Gasteiger partial charge in [-0.1, -0.05) is 0 Å². The van der Waals surface area contributed by atoms with Crippen LogP contribution in [0.2, 0.25) is 5.28 Å². The summed E-state index contributed by atoms with van der Waals surface area (Å²) in [4.78, 5) is 7.20. The van der Waals surface area contributed by atoms with E-state index in [4.69, 9.17) is 11.6 Å². The van der Waals surface area contributed by atoms with Gasteiger partial charge in [0.05, 0.1) is 29.5 Å². The number of anilines is 1. The highest BCUT2D eigenvalue weighted by Crippen LogP contribution is 2.20. The van der Waals surface area contributed by atoms with Crippen LogP contribution in [0.25, 0.3) is 0 Å². The van der Waals surface area contributed by atoms with Crippen LogP contribution in [0.15, 0.2) is 17.3 Å². The molecular formula is C9H10ClN5O2S. The van der Waals surface area contributed by atoms with E-state index in [-0.39, 0.29) is 10.2 Å². The van der Waals surface area contributed by atoms with Crippen molar-refractivity contribution >= 4 is 27.3 Å². The second-order valence-corrected chi connectivity index (χ2v) is 5.62. The number of nitrogens with one attached hydrogen (secondary N) is 2. The van der Waals surface area contributed by atoms with Gasteiger partial charge < -0.3 is 0 Å². The predicted molar refractivity (Wildman–Crippen MR) is 65.9 cm³/mol. The molecule has 0 saturated carbocycles. The van der Waals surface area contributed by atoms with Gasteiger partial charge in [-0.2, -0.15) is 5.10 Å². The summed E-state index contributed by atoms with van der Waals surface area (Å²) in [7, 11) is -3.74. The quantitative estimate of drug-likeness (QED) is 0.828. The number of H-pyrrole nitrogens is 1. The van der Waals surface area contributed by atoms with E-state index in [9.17, 15) is 8.42 Å². The van der Waals surface area contributed by atoms with Crippen LogP contribution in [0, 0.1) is 13.8 Å². The molecule has 0 aliphatic heterocycles. The fourth-order valence-corrected chi connectivity index (χ4v) is 2.50. The highest BCUT2D eigenvalue weighted by atomic mass is 35.5. The molecule has 0 aliphatic carbocycles. The number of sulfonamides is 1. The maximum Gasteiger partial charge on any atom is 0.265 e. The lowest BCUT2D eigenvalue weighted by Gasteiger charge is -2.07. The van der Waals surface area contributed by atoms with Crippen molar-refractivity contribution in [1.29, 1.82) is 0 Å². The minimum atomic E-state index is -3.74. The summed E-state index contributed by atoms with van der Waals surface area (Å²) in [6, 6.07) is 0. The molecule has 2 heterocycles. The van der Waals surface area contributed by atoms with Gasteiger partial charge in [0, 0.05) is 0 Å². The van der Waals surface area contributed by atoms with Gasteiger partial charge >= 0.3 is 0 Å². The molecule has 2 aromatic rings. The molecule has 0 radical (unpaired) electrons. The predicted octanol–water partition coefficient (Wildman–Crippen LogP) is 1.27. The Kier molecular flexibility index (Phi) is 3.22. The van der Waals surface area contributed by atoms with Gasteiger partial charge in [-0.25, -0.2) is 18.4 Å². The Hall–Kier alpha value is -1.67. The zero-order valence-electron chi connectivity index (χ0n) is 9.60. The molecule has 9 heteroatoms. The molecule has 0 aromatic carbocycles. The second-order valence-electron chi connectivity index (χ2n) is 3.60. The van der Waals surface area contributed by atoms with Crippen molar-refractivity contribution in [2.75, 3.05) is 4.72 Å². The van der Waals surface area contributed by atoms with Crippen LogP contribution in [0.4, 0.5) is 5.69 Å². The third-order valence-electron chi connectivity index (χ3n) is 2.27. The normalized spacial score (nSPS) is 11.5. The van der Waals surface area contributed by atoms with Gasteiger partial charge in [0.1, 0.15) is 4.90 Å². The largest absolute Gasteiger partial charge is 0.280 e. The third kappa shape index (κ3) is 2.44. The third-order valence-corrected chi connectivity index (χ3v) is 3.77. The van der Waals surface area contributed by atoms with Crippen molar-refractivity contribution in [1.82, 2.24) is 20.2 Å². The number of rotatable bonds is 3. The lowest BCUT2D eigenvalue weighted by atomic mass is 10.3. The topological polar surface area (TPSA) is 101 Å². The summed E-state index contributed by atoms with van der Waals surface area (Å²) >= 11 is 5.50. The average molecular weight is 288 g/mol. The minimum Gasteiger partial charge on any atom is -0.280 e. The molecule has 0 saturated heterocycles. The lowest BCUT2D eigenvalue weighted by molar-refractivity contribution is 0.600. The standard InChI is InChI=1S/C9H10ClN5O2S/c1-5-8(6(2)14-13-5)15-18(16,17)7-3-11-9(10)12-4-7/h3-4,15H,1-2H3,(H,13,14). The van der Waals surface area contributed by atoms with Crippen molar-refractivity contribution in [2.45, 2.75) is 18.7 Å². The number of aromatic amines is 1. The summed E-state index contributed by atoms with van der Waals surface area (Å²) in [5.74, 6) is 0. The molecule has 0 spiro atoms. The molecule has 0 atom stereocenters. The first-order chi connectivity index (χ1) is 8.40. The molecule has 0 amide bonds. The van der Waals surface area contributed by atoms with Crippen molar-refractivity contribution in [3.63, 3.8) is 0 Å². The first-order valence-corrected chi connectivity index (χ1v) is 6.78. The smallest absolute Gasteiger partial charge is 0.265 e. The molecule has 0 fully saturated rings. The first-order valence-electron chi connectivity index (χ1n) is 4.92. The number of hydrogen-bond acceptors (Lipinski definition) is 5. The minimum absolute atomic E-state index is 0.00961. The number of nitrogens with zero attached hydrogens (tertiary/aromatic N) is 3. The number of aromatic nitrogens is 4. The van der Waals surface area contributed by atoms with Gasteiger partial charge in [-0.15, -0.1) is 0 Å². The second kappa shape index (κ2) is 4.54. The van der Waals surface area contributed by atoms with Gasteiger partial charge in [-0.05, 0) is 25.4 Å². The zero-order chi connectivity index (χ0) is 13.3. The molecule has 0 bridgehead atoms.